The summed E-state index contributed by atoms with van der Waals surface area (Å²) in [6.07, 6.45) is 4.06. The summed E-state index contributed by atoms with van der Waals surface area (Å²) in [5.74, 6) is 0. The van der Waals surface area contributed by atoms with Gasteiger partial charge in [-0.3, -0.25) is 0 Å². The Bertz CT molecular complexity index is 1140. The summed E-state index contributed by atoms with van der Waals surface area (Å²) < 4.78 is 25.0. The van der Waals surface area contributed by atoms with E-state index in [0.717, 1.165) is 59.0 Å². The van der Waals surface area contributed by atoms with Gasteiger partial charge in [0.2, 0.25) is 5.71 Å². The van der Waals surface area contributed by atoms with E-state index >= 15 is 0 Å². The number of nitrogens with zero attached hydrogens (tertiary/aromatic N) is 2. The highest BCUT2D eigenvalue weighted by atomic mass is 16.3. The fourth-order valence-electron chi connectivity index (χ4n) is 5.90. The first kappa shape index (κ1) is 15.8. The smallest absolute Gasteiger partial charge is 0.227 e. The van der Waals surface area contributed by atoms with E-state index in [4.69, 9.17) is 4.42 Å². The van der Waals surface area contributed by atoms with Crippen molar-refractivity contribution in [3.8, 4) is 0 Å². The molecule has 28 heavy (non-hydrogen) atoms. The Labute approximate surface area is 170 Å². The number of rotatable bonds is 1. The summed E-state index contributed by atoms with van der Waals surface area (Å²) in [7, 11) is 0. The molecule has 1 atom stereocenters. The fraction of sp³-hybridized carbons (Fsp3) is 0.560. The number of benzene rings is 1. The lowest BCUT2D eigenvalue weighted by molar-refractivity contribution is 0.170. The Kier molecular flexibility index (Phi) is 3.39. The third kappa shape index (κ3) is 2.44. The molecule has 0 radical (unpaired) electrons. The summed E-state index contributed by atoms with van der Waals surface area (Å²) >= 11 is 0. The number of pyridine rings is 1. The Morgan fingerprint density at radius 3 is 2.54 bits per heavy atom. The molecule has 0 bridgehead atoms. The van der Waals surface area contributed by atoms with Crippen LogP contribution in [0.2, 0.25) is 0 Å². The Morgan fingerprint density at radius 1 is 1.07 bits per heavy atom. The Hall–Kier alpha value is -2.03. The van der Waals surface area contributed by atoms with Gasteiger partial charge in [0, 0.05) is 30.8 Å². The van der Waals surface area contributed by atoms with Gasteiger partial charge in [0.25, 0.3) is 0 Å². The van der Waals surface area contributed by atoms with Gasteiger partial charge in [-0.15, -0.1) is 0 Å². The minimum absolute atomic E-state index is 0.0926. The quantitative estimate of drug-likeness (QED) is 0.460. The third-order valence-corrected chi connectivity index (χ3v) is 7.15. The SMILES string of the molecule is [2H]C1([2H])C2(CCCCC2)[C@H](C)N(c2c(C)ccc3c2oc2nc(C)ccc23)C1(C)C. The van der Waals surface area contributed by atoms with Crippen molar-refractivity contribution >= 4 is 27.8 Å². The first-order chi connectivity index (χ1) is 14.1. The molecular formula is C25H32N2O. The second-order valence-corrected chi connectivity index (χ2v) is 9.46. The predicted octanol–water partition coefficient (Wildman–Crippen LogP) is 6.93. The standard InChI is InChI=1S/C25H32N2O/c1-16-9-11-19-20-12-10-17(2)26-23(20)28-22(19)21(16)27-18(3)25(15-24(27,4)5)13-7-6-8-14-25/h9-12,18H,6-8,13-15H2,1-5H3/t18-/m0/s1/i15D2. The van der Waals surface area contributed by atoms with E-state index in [1.165, 1.54) is 6.42 Å². The molecule has 3 nitrogen and oxygen atoms in total. The molecule has 0 unspecified atom stereocenters. The molecule has 2 fully saturated rings. The molecule has 0 amide bonds. The highest BCUT2D eigenvalue weighted by molar-refractivity contribution is 6.08. The molecule has 1 aliphatic carbocycles. The first-order valence-corrected chi connectivity index (χ1v) is 10.7. The van der Waals surface area contributed by atoms with Crippen molar-refractivity contribution in [1.29, 1.82) is 0 Å². The van der Waals surface area contributed by atoms with Gasteiger partial charge in [0.05, 0.1) is 5.69 Å². The monoisotopic (exact) mass is 378 g/mol. The molecule has 1 aromatic carbocycles. The van der Waals surface area contributed by atoms with Crippen molar-refractivity contribution in [2.24, 2.45) is 5.41 Å². The molecule has 1 saturated heterocycles. The largest absolute Gasteiger partial charge is 0.436 e. The van der Waals surface area contributed by atoms with E-state index in [2.05, 4.69) is 55.8 Å². The topological polar surface area (TPSA) is 29.3 Å². The van der Waals surface area contributed by atoms with Crippen LogP contribution in [-0.4, -0.2) is 16.6 Å². The molecule has 1 saturated carbocycles. The highest BCUT2D eigenvalue weighted by Gasteiger charge is 2.54. The van der Waals surface area contributed by atoms with Gasteiger partial charge >= 0.3 is 0 Å². The van der Waals surface area contributed by atoms with Crippen LogP contribution in [0, 0.1) is 19.3 Å². The van der Waals surface area contributed by atoms with Crippen molar-refractivity contribution in [3.05, 3.63) is 35.5 Å². The van der Waals surface area contributed by atoms with Crippen LogP contribution >= 0.6 is 0 Å². The van der Waals surface area contributed by atoms with Gasteiger partial charge in [0.1, 0.15) is 0 Å². The van der Waals surface area contributed by atoms with Crippen LogP contribution in [0.15, 0.2) is 28.7 Å². The summed E-state index contributed by atoms with van der Waals surface area (Å²) in [4.78, 5) is 6.97. The van der Waals surface area contributed by atoms with Crippen molar-refractivity contribution in [1.82, 2.24) is 4.98 Å². The molecule has 0 N–H and O–H groups in total. The summed E-state index contributed by atoms with van der Waals surface area (Å²) in [5, 5.41) is 2.09. The van der Waals surface area contributed by atoms with Gasteiger partial charge in [-0.05, 0) is 76.9 Å². The number of anilines is 1. The first-order valence-electron chi connectivity index (χ1n) is 11.7. The number of aromatic nitrogens is 1. The van der Waals surface area contributed by atoms with Crippen LogP contribution < -0.4 is 4.90 Å². The van der Waals surface area contributed by atoms with Gasteiger partial charge < -0.3 is 9.32 Å². The van der Waals surface area contributed by atoms with E-state index in [9.17, 15) is 2.74 Å². The second-order valence-electron chi connectivity index (χ2n) is 9.46. The summed E-state index contributed by atoms with van der Waals surface area (Å²) in [6, 6.07) is 8.47. The fourth-order valence-corrected chi connectivity index (χ4v) is 5.90. The summed E-state index contributed by atoms with van der Waals surface area (Å²) in [6.45, 7) is 10.5. The average molecular weight is 379 g/mol. The molecule has 1 aliphatic heterocycles. The summed E-state index contributed by atoms with van der Waals surface area (Å²) in [5.41, 5.74) is 3.62. The molecule has 148 valence electrons. The lowest BCUT2D eigenvalue weighted by atomic mass is 9.68. The van der Waals surface area contributed by atoms with Crippen molar-refractivity contribution in [2.75, 3.05) is 4.90 Å². The predicted molar refractivity (Wildman–Crippen MR) is 117 cm³/mol. The normalized spacial score (nSPS) is 26.8. The average Bonchev–Trinajstić information content (AvgIpc) is 3.11. The maximum Gasteiger partial charge on any atom is 0.227 e. The molecule has 5 rings (SSSR count). The van der Waals surface area contributed by atoms with Crippen molar-refractivity contribution < 1.29 is 7.16 Å². The lowest BCUT2D eigenvalue weighted by Crippen LogP contribution is -2.44. The lowest BCUT2D eigenvalue weighted by Gasteiger charge is -2.41. The van der Waals surface area contributed by atoms with E-state index in [1.54, 1.807) is 0 Å². The van der Waals surface area contributed by atoms with E-state index in [1.807, 2.05) is 13.0 Å². The number of furan rings is 1. The van der Waals surface area contributed by atoms with Crippen LogP contribution in [0.1, 0.15) is 73.2 Å². The number of hydrogen-bond donors (Lipinski definition) is 0. The zero-order chi connectivity index (χ0) is 21.5. The number of hydrogen-bond acceptors (Lipinski definition) is 3. The van der Waals surface area contributed by atoms with E-state index in [-0.39, 0.29) is 11.5 Å². The molecule has 3 aromatic rings. The van der Waals surface area contributed by atoms with Crippen molar-refractivity contribution in [2.45, 2.75) is 84.7 Å². The third-order valence-electron chi connectivity index (χ3n) is 7.15. The van der Waals surface area contributed by atoms with Gasteiger partial charge in [-0.2, -0.15) is 0 Å². The maximum absolute atomic E-state index is 9.34. The molecule has 2 aromatic heterocycles. The number of aryl methyl sites for hydroxylation is 2. The van der Waals surface area contributed by atoms with Gasteiger partial charge in [-0.25, -0.2) is 4.98 Å². The van der Waals surface area contributed by atoms with Crippen LogP contribution in [0.4, 0.5) is 5.69 Å². The Morgan fingerprint density at radius 2 is 1.79 bits per heavy atom. The number of fused-ring (bicyclic) bond motifs is 3. The molecular weight excluding hydrogens is 344 g/mol. The van der Waals surface area contributed by atoms with Crippen LogP contribution in [0.3, 0.4) is 0 Å². The Balaban J connectivity index is 1.79. The van der Waals surface area contributed by atoms with E-state index in [0.29, 0.717) is 5.71 Å². The molecule has 1 spiro atoms. The minimum atomic E-state index is -1.30. The van der Waals surface area contributed by atoms with Crippen molar-refractivity contribution in [3.63, 3.8) is 0 Å². The zero-order valence-electron chi connectivity index (χ0n) is 19.7. The maximum atomic E-state index is 9.34. The van der Waals surface area contributed by atoms with Gasteiger partial charge in [-0.1, -0.05) is 31.4 Å². The van der Waals surface area contributed by atoms with E-state index < -0.39 is 11.9 Å². The van der Waals surface area contributed by atoms with Gasteiger partial charge in [0.15, 0.2) is 5.58 Å². The highest BCUT2D eigenvalue weighted by Crippen LogP contribution is 2.57. The molecule has 2 aliphatic rings. The van der Waals surface area contributed by atoms with Crippen LogP contribution in [0.5, 0.6) is 0 Å². The van der Waals surface area contributed by atoms with Crippen LogP contribution in [0.25, 0.3) is 22.1 Å². The minimum Gasteiger partial charge on any atom is -0.436 e. The molecule has 3 heteroatoms. The van der Waals surface area contributed by atoms with Crippen LogP contribution in [-0.2, 0) is 0 Å². The molecule has 3 heterocycles. The zero-order valence-corrected chi connectivity index (χ0v) is 17.7. The second kappa shape index (κ2) is 5.98.